The number of rotatable bonds is 1. The number of nitrogens with one attached hydrogen (secondary N) is 1. The van der Waals surface area contributed by atoms with Crippen molar-refractivity contribution in [2.75, 3.05) is 6.54 Å². The second-order valence-corrected chi connectivity index (χ2v) is 5.04. The van der Waals surface area contributed by atoms with Gasteiger partial charge in [0.25, 0.3) is 0 Å². The summed E-state index contributed by atoms with van der Waals surface area (Å²) in [5.74, 6) is 0.404. The van der Waals surface area contributed by atoms with E-state index in [1.54, 1.807) is 0 Å². The van der Waals surface area contributed by atoms with E-state index in [2.05, 4.69) is 27.3 Å². The predicted molar refractivity (Wildman–Crippen MR) is 65.1 cm³/mol. The minimum absolute atomic E-state index is 0.300. The summed E-state index contributed by atoms with van der Waals surface area (Å²) in [4.78, 5) is 0. The molecule has 15 heavy (non-hydrogen) atoms. The fourth-order valence-corrected chi connectivity index (χ4v) is 3.02. The lowest BCUT2D eigenvalue weighted by atomic mass is 9.96. The number of phenolic OH excluding ortho intramolecular Hbond substituents is 1. The van der Waals surface area contributed by atoms with Crippen LogP contribution in [0.2, 0.25) is 0 Å². The number of benzene rings is 1. The van der Waals surface area contributed by atoms with Crippen molar-refractivity contribution in [1.82, 2.24) is 5.32 Å². The lowest BCUT2D eigenvalue weighted by molar-refractivity contribution is 0.389. The molecule has 2 nitrogen and oxygen atoms in total. The van der Waals surface area contributed by atoms with Crippen molar-refractivity contribution in [3.8, 4) is 5.75 Å². The van der Waals surface area contributed by atoms with Crippen molar-refractivity contribution >= 4 is 15.9 Å². The maximum absolute atomic E-state index is 9.95. The second-order valence-electron chi connectivity index (χ2n) is 4.18. The third-order valence-electron chi connectivity index (χ3n) is 2.91. The molecule has 0 aliphatic carbocycles. The molecule has 0 spiro atoms. The van der Waals surface area contributed by atoms with Crippen LogP contribution in [0.15, 0.2) is 16.6 Å². The molecular weight excluding hydrogens is 254 g/mol. The van der Waals surface area contributed by atoms with Crippen LogP contribution in [-0.4, -0.2) is 11.7 Å². The molecule has 1 unspecified atom stereocenters. The summed E-state index contributed by atoms with van der Waals surface area (Å²) in [5, 5.41) is 13.4. The molecular formula is C12H16BrNO. The molecule has 1 aliphatic heterocycles. The van der Waals surface area contributed by atoms with Gasteiger partial charge in [-0.3, -0.25) is 0 Å². The van der Waals surface area contributed by atoms with Crippen LogP contribution in [0.3, 0.4) is 0 Å². The van der Waals surface area contributed by atoms with Gasteiger partial charge in [0, 0.05) is 16.1 Å². The zero-order chi connectivity index (χ0) is 10.8. The Morgan fingerprint density at radius 1 is 1.40 bits per heavy atom. The number of aryl methyl sites for hydroxylation is 1. The van der Waals surface area contributed by atoms with E-state index in [0.717, 1.165) is 28.6 Å². The molecule has 1 aliphatic rings. The second kappa shape index (κ2) is 4.54. The number of piperidine rings is 1. The van der Waals surface area contributed by atoms with Crippen molar-refractivity contribution in [2.24, 2.45) is 0 Å². The fourth-order valence-electron chi connectivity index (χ4n) is 2.18. The maximum atomic E-state index is 9.95. The lowest BCUT2D eigenvalue weighted by Gasteiger charge is -2.25. The fraction of sp³-hybridized carbons (Fsp3) is 0.500. The van der Waals surface area contributed by atoms with Crippen LogP contribution in [0.4, 0.5) is 0 Å². The average Bonchev–Trinajstić information content (AvgIpc) is 2.17. The van der Waals surface area contributed by atoms with Gasteiger partial charge in [0.05, 0.1) is 0 Å². The van der Waals surface area contributed by atoms with Crippen LogP contribution >= 0.6 is 15.9 Å². The number of aromatic hydroxyl groups is 1. The van der Waals surface area contributed by atoms with Gasteiger partial charge in [-0.1, -0.05) is 22.4 Å². The Hall–Kier alpha value is -0.540. The van der Waals surface area contributed by atoms with E-state index in [4.69, 9.17) is 0 Å². The molecule has 1 aromatic carbocycles. The van der Waals surface area contributed by atoms with Gasteiger partial charge in [-0.2, -0.15) is 0 Å². The Bertz CT molecular complexity index is 336. The standard InChI is InChI=1S/C12H16BrNO/c1-8-6-9(13)12(11(15)7-8)10-4-2-3-5-14-10/h6-7,10,14-15H,2-5H2,1H3. The van der Waals surface area contributed by atoms with Crippen molar-refractivity contribution in [3.63, 3.8) is 0 Å². The summed E-state index contributed by atoms with van der Waals surface area (Å²) >= 11 is 3.53. The molecule has 2 rings (SSSR count). The summed E-state index contributed by atoms with van der Waals surface area (Å²) in [7, 11) is 0. The molecule has 0 saturated carbocycles. The quantitative estimate of drug-likeness (QED) is 0.820. The highest BCUT2D eigenvalue weighted by atomic mass is 79.9. The van der Waals surface area contributed by atoms with Crippen LogP contribution in [0, 0.1) is 6.92 Å². The summed E-state index contributed by atoms with van der Waals surface area (Å²) in [6.45, 7) is 3.03. The monoisotopic (exact) mass is 269 g/mol. The van der Waals surface area contributed by atoms with Crippen LogP contribution < -0.4 is 5.32 Å². The Labute approximate surface area is 98.8 Å². The normalized spacial score (nSPS) is 21.6. The average molecular weight is 270 g/mol. The van der Waals surface area contributed by atoms with Crippen LogP contribution in [0.1, 0.15) is 36.4 Å². The molecule has 0 amide bonds. The number of hydrogen-bond acceptors (Lipinski definition) is 2. The van der Waals surface area contributed by atoms with Gasteiger partial charge < -0.3 is 10.4 Å². The van der Waals surface area contributed by atoms with E-state index >= 15 is 0 Å². The lowest BCUT2D eigenvalue weighted by Crippen LogP contribution is -2.27. The highest BCUT2D eigenvalue weighted by Crippen LogP contribution is 2.36. The molecule has 1 atom stereocenters. The Morgan fingerprint density at radius 2 is 2.20 bits per heavy atom. The number of hydrogen-bond donors (Lipinski definition) is 2. The first kappa shape index (κ1) is 11.0. The molecule has 0 aromatic heterocycles. The van der Waals surface area contributed by atoms with Crippen molar-refractivity contribution in [1.29, 1.82) is 0 Å². The Kier molecular flexibility index (Phi) is 3.32. The van der Waals surface area contributed by atoms with Gasteiger partial charge in [0.15, 0.2) is 0 Å². The van der Waals surface area contributed by atoms with Gasteiger partial charge in [0.1, 0.15) is 5.75 Å². The predicted octanol–water partition coefficient (Wildman–Crippen LogP) is 3.28. The minimum atomic E-state index is 0.300. The van der Waals surface area contributed by atoms with Crippen LogP contribution in [0.5, 0.6) is 5.75 Å². The van der Waals surface area contributed by atoms with Gasteiger partial charge in [0.2, 0.25) is 0 Å². The van der Waals surface area contributed by atoms with E-state index in [9.17, 15) is 5.11 Å². The van der Waals surface area contributed by atoms with Crippen LogP contribution in [0.25, 0.3) is 0 Å². The summed E-state index contributed by atoms with van der Waals surface area (Å²) < 4.78 is 1.01. The Balaban J connectivity index is 2.33. The Morgan fingerprint density at radius 3 is 2.80 bits per heavy atom. The first-order valence-electron chi connectivity index (χ1n) is 5.41. The molecule has 1 aromatic rings. The molecule has 82 valence electrons. The van der Waals surface area contributed by atoms with Gasteiger partial charge in [-0.25, -0.2) is 0 Å². The van der Waals surface area contributed by atoms with Gasteiger partial charge in [-0.15, -0.1) is 0 Å². The van der Waals surface area contributed by atoms with Crippen LogP contribution in [-0.2, 0) is 0 Å². The first-order chi connectivity index (χ1) is 7.18. The van der Waals surface area contributed by atoms with E-state index in [-0.39, 0.29) is 0 Å². The molecule has 2 N–H and O–H groups in total. The topological polar surface area (TPSA) is 32.3 Å². The molecule has 1 heterocycles. The molecule has 3 heteroatoms. The highest BCUT2D eigenvalue weighted by Gasteiger charge is 2.20. The SMILES string of the molecule is Cc1cc(O)c(C2CCCCN2)c(Br)c1. The third kappa shape index (κ3) is 2.34. The zero-order valence-corrected chi connectivity index (χ0v) is 10.5. The van der Waals surface area contributed by atoms with Crippen molar-refractivity contribution in [2.45, 2.75) is 32.2 Å². The highest BCUT2D eigenvalue weighted by molar-refractivity contribution is 9.10. The first-order valence-corrected chi connectivity index (χ1v) is 6.20. The molecule has 0 bridgehead atoms. The number of halogens is 1. The summed E-state index contributed by atoms with van der Waals surface area (Å²) in [5.41, 5.74) is 2.10. The van der Waals surface area contributed by atoms with Crippen molar-refractivity contribution < 1.29 is 5.11 Å². The van der Waals surface area contributed by atoms with Gasteiger partial charge in [-0.05, 0) is 44.0 Å². The minimum Gasteiger partial charge on any atom is -0.508 e. The van der Waals surface area contributed by atoms with E-state index in [1.165, 1.54) is 12.8 Å². The van der Waals surface area contributed by atoms with E-state index in [0.29, 0.717) is 11.8 Å². The smallest absolute Gasteiger partial charge is 0.121 e. The van der Waals surface area contributed by atoms with E-state index in [1.807, 2.05) is 13.0 Å². The largest absolute Gasteiger partial charge is 0.508 e. The summed E-state index contributed by atoms with van der Waals surface area (Å²) in [6.07, 6.45) is 3.58. The molecule has 1 saturated heterocycles. The number of phenols is 1. The van der Waals surface area contributed by atoms with E-state index < -0.39 is 0 Å². The molecule has 0 radical (unpaired) electrons. The maximum Gasteiger partial charge on any atom is 0.121 e. The molecule has 1 fully saturated rings. The van der Waals surface area contributed by atoms with Crippen molar-refractivity contribution in [3.05, 3.63) is 27.7 Å². The van der Waals surface area contributed by atoms with Gasteiger partial charge >= 0.3 is 0 Å². The third-order valence-corrected chi connectivity index (χ3v) is 3.57. The zero-order valence-electron chi connectivity index (χ0n) is 8.89. The summed E-state index contributed by atoms with van der Waals surface area (Å²) in [6, 6.07) is 4.19.